The summed E-state index contributed by atoms with van der Waals surface area (Å²) in [5, 5.41) is 0. The van der Waals surface area contributed by atoms with E-state index < -0.39 is 18.2 Å². The predicted molar refractivity (Wildman–Crippen MR) is 37.6 cm³/mol. The highest BCUT2D eigenvalue weighted by molar-refractivity contribution is 7.22. The van der Waals surface area contributed by atoms with Crippen molar-refractivity contribution in [2.75, 3.05) is 0 Å². The molecule has 0 aliphatic rings. The molecule has 0 aromatic rings. The van der Waals surface area contributed by atoms with Crippen LogP contribution in [0.25, 0.3) is 0 Å². The highest BCUT2D eigenvalue weighted by Gasteiger charge is 1.64. The minimum absolute atomic E-state index is 0.639. The molecule has 0 N–H and O–H groups in total. The summed E-state index contributed by atoms with van der Waals surface area (Å²) < 4.78 is 0. The van der Waals surface area contributed by atoms with Crippen LogP contribution in [0.4, 0.5) is 0 Å². The van der Waals surface area contributed by atoms with Crippen LogP contribution < -0.4 is 0 Å². The van der Waals surface area contributed by atoms with Crippen molar-refractivity contribution < 1.29 is 0 Å². The maximum absolute atomic E-state index is 4.90. The van der Waals surface area contributed by atoms with Crippen molar-refractivity contribution in [3.05, 3.63) is 19.1 Å². The van der Waals surface area contributed by atoms with Gasteiger partial charge in [-0.05, 0) is 6.42 Å². The fourth-order valence-corrected chi connectivity index (χ4v) is 0. The van der Waals surface area contributed by atoms with Gasteiger partial charge in [-0.15, -0.1) is 6.58 Å². The summed E-state index contributed by atoms with van der Waals surface area (Å²) in [6, 6.07) is 0. The van der Waals surface area contributed by atoms with Crippen LogP contribution in [0.5, 0.6) is 0 Å². The third-order valence-electron chi connectivity index (χ3n) is 0.236. The number of hydrogen-bond donors (Lipinski definition) is 0. The monoisotopic (exact) mass is 149 g/mol. The highest BCUT2D eigenvalue weighted by Crippen LogP contribution is 1.67. The quantitative estimate of drug-likeness (QED) is 0.504. The van der Waals surface area contributed by atoms with Gasteiger partial charge in [-0.3, -0.25) is 0 Å². The fourth-order valence-electron chi connectivity index (χ4n) is 0. The van der Waals surface area contributed by atoms with Gasteiger partial charge in [-0.2, -0.15) is 0 Å². The highest BCUT2D eigenvalue weighted by atomic mass is 35.6. The zero-order valence-corrected chi connectivity index (χ0v) is 7.25. The van der Waals surface area contributed by atoms with E-state index in [2.05, 4.69) is 6.58 Å². The first kappa shape index (κ1) is 11.0. The van der Waals surface area contributed by atoms with Crippen molar-refractivity contribution >= 4 is 36.3 Å². The summed E-state index contributed by atoms with van der Waals surface area (Å²) in [4.78, 5) is 0. The first-order chi connectivity index (χ1) is 3.33. The minimum atomic E-state index is -0.639. The van der Waals surface area contributed by atoms with Crippen molar-refractivity contribution in [1.29, 1.82) is 0 Å². The lowest BCUT2D eigenvalue weighted by Crippen LogP contribution is -1.39. The molecule has 0 aromatic carbocycles. The summed E-state index contributed by atoms with van der Waals surface area (Å²) in [6.45, 7) is 5.36. The SMILES string of the molecule is C=C[CH]C.[Cl][Mg][Cl]. The number of hydrogen-bond acceptors (Lipinski definition) is 0. The zero-order valence-electron chi connectivity index (χ0n) is 4.32. The van der Waals surface area contributed by atoms with Crippen molar-refractivity contribution in [3.8, 4) is 0 Å². The van der Waals surface area contributed by atoms with Gasteiger partial charge in [-0.1, -0.05) is 13.0 Å². The molecule has 0 spiro atoms. The van der Waals surface area contributed by atoms with Crippen molar-refractivity contribution in [3.63, 3.8) is 0 Å². The lowest BCUT2D eigenvalue weighted by Gasteiger charge is -1.56. The molecule has 0 fully saturated rings. The first-order valence-electron chi connectivity index (χ1n) is 1.85. The lowest BCUT2D eigenvalue weighted by molar-refractivity contribution is 1.57. The van der Waals surface area contributed by atoms with Crippen LogP contribution in [0.3, 0.4) is 0 Å². The molecule has 0 unspecified atom stereocenters. The molecule has 0 rings (SSSR count). The van der Waals surface area contributed by atoms with Gasteiger partial charge in [0.2, 0.25) is 0 Å². The topological polar surface area (TPSA) is 0 Å². The average Bonchev–Trinajstić information content (AvgIpc) is 1.69. The van der Waals surface area contributed by atoms with Gasteiger partial charge in [-0.25, -0.2) is 0 Å². The Bertz CT molecular complexity index is 30.9. The molecule has 1 radical (unpaired) electrons. The Balaban J connectivity index is 0. The van der Waals surface area contributed by atoms with E-state index in [4.69, 9.17) is 18.1 Å². The maximum Gasteiger partial charge on any atom is 0.618 e. The van der Waals surface area contributed by atoms with Crippen LogP contribution in [-0.4, -0.2) is 18.2 Å². The minimum Gasteiger partial charge on any atom is -0.309 e. The molecule has 7 heavy (non-hydrogen) atoms. The molecule has 39 valence electrons. The molecule has 0 atom stereocenters. The van der Waals surface area contributed by atoms with Gasteiger partial charge in [0.05, 0.1) is 0 Å². The van der Waals surface area contributed by atoms with Gasteiger partial charge >= 0.3 is 18.2 Å². The summed E-state index contributed by atoms with van der Waals surface area (Å²) >= 11 is -0.639. The number of allylic oxidation sites excluding steroid dienone is 1. The Morgan fingerprint density at radius 2 is 1.71 bits per heavy atom. The molecule has 3 heteroatoms. The van der Waals surface area contributed by atoms with Crippen LogP contribution >= 0.6 is 18.1 Å². The molecule has 0 aromatic heterocycles. The van der Waals surface area contributed by atoms with Crippen LogP contribution in [-0.2, 0) is 0 Å². The molecular weight excluding hydrogens is 143 g/mol. The third-order valence-corrected chi connectivity index (χ3v) is 0.236. The normalized spacial score (nSPS) is 5.00. The fraction of sp³-hybridized carbons (Fsp3) is 0.250. The second-order valence-corrected chi connectivity index (χ2v) is 3.30. The molecular formula is C4H7Cl2Mg. The zero-order chi connectivity index (χ0) is 6.12. The molecule has 0 aliphatic heterocycles. The second kappa shape index (κ2) is 15.7. The first-order valence-corrected chi connectivity index (χ1v) is 6.13. The van der Waals surface area contributed by atoms with E-state index >= 15 is 0 Å². The van der Waals surface area contributed by atoms with Crippen molar-refractivity contribution in [2.45, 2.75) is 6.92 Å². The summed E-state index contributed by atoms with van der Waals surface area (Å²) in [6.07, 6.45) is 3.64. The standard InChI is InChI=1S/C4H7.2ClH.Mg/c1-3-4-2;;;/h3-4H,1H2,2H3;2*1H;/q;;;+2/p-2. The van der Waals surface area contributed by atoms with Gasteiger partial charge in [0.25, 0.3) is 0 Å². The Morgan fingerprint density at radius 3 is 1.71 bits per heavy atom. The van der Waals surface area contributed by atoms with E-state index in [9.17, 15) is 0 Å². The Hall–Kier alpha value is 1.09. The molecule has 0 saturated heterocycles. The molecule has 0 bridgehead atoms. The van der Waals surface area contributed by atoms with E-state index in [1.165, 1.54) is 0 Å². The molecule has 0 amide bonds. The van der Waals surface area contributed by atoms with Crippen molar-refractivity contribution in [1.82, 2.24) is 0 Å². The van der Waals surface area contributed by atoms with E-state index in [0.717, 1.165) is 0 Å². The largest absolute Gasteiger partial charge is 0.618 e. The van der Waals surface area contributed by atoms with Gasteiger partial charge in [0.15, 0.2) is 0 Å². The third kappa shape index (κ3) is 42.1. The van der Waals surface area contributed by atoms with Crippen LogP contribution in [0.1, 0.15) is 6.92 Å². The average molecular weight is 150 g/mol. The van der Waals surface area contributed by atoms with E-state index in [1.807, 2.05) is 13.3 Å². The Labute approximate surface area is 62.2 Å². The molecule has 0 heterocycles. The summed E-state index contributed by atoms with van der Waals surface area (Å²) in [5.41, 5.74) is 0. The Kier molecular flexibility index (Phi) is 24.6. The summed E-state index contributed by atoms with van der Waals surface area (Å²) in [7, 11) is 9.81. The predicted octanol–water partition coefficient (Wildman–Crippen LogP) is 2.39. The smallest absolute Gasteiger partial charge is 0.309 e. The van der Waals surface area contributed by atoms with Crippen molar-refractivity contribution in [2.24, 2.45) is 0 Å². The van der Waals surface area contributed by atoms with Crippen LogP contribution in [0.15, 0.2) is 12.7 Å². The van der Waals surface area contributed by atoms with Crippen LogP contribution in [0, 0.1) is 6.42 Å². The van der Waals surface area contributed by atoms with Crippen LogP contribution in [0.2, 0.25) is 0 Å². The maximum atomic E-state index is 4.90. The summed E-state index contributed by atoms with van der Waals surface area (Å²) in [5.74, 6) is 0. The molecule has 0 saturated carbocycles. The van der Waals surface area contributed by atoms with E-state index in [1.54, 1.807) is 6.08 Å². The van der Waals surface area contributed by atoms with Gasteiger partial charge < -0.3 is 18.1 Å². The second-order valence-electron chi connectivity index (χ2n) is 0.670. The molecule has 0 aliphatic carbocycles. The lowest BCUT2D eigenvalue weighted by atomic mass is 10.5. The van der Waals surface area contributed by atoms with E-state index in [-0.39, 0.29) is 0 Å². The van der Waals surface area contributed by atoms with E-state index in [0.29, 0.717) is 0 Å². The number of rotatable bonds is 1. The van der Waals surface area contributed by atoms with Gasteiger partial charge in [0, 0.05) is 0 Å². The van der Waals surface area contributed by atoms with Gasteiger partial charge in [0.1, 0.15) is 0 Å². The number of halogens is 2. The molecule has 0 nitrogen and oxygen atoms in total. The Morgan fingerprint density at radius 1 is 1.57 bits per heavy atom.